The van der Waals surface area contributed by atoms with Gasteiger partial charge in [-0.25, -0.2) is 4.39 Å². The maximum atomic E-state index is 13.0. The Kier molecular flexibility index (Phi) is 4.30. The van der Waals surface area contributed by atoms with Gasteiger partial charge < -0.3 is 10.2 Å². The lowest BCUT2D eigenvalue weighted by molar-refractivity contribution is -0.122. The highest BCUT2D eigenvalue weighted by Gasteiger charge is 2.35. The maximum Gasteiger partial charge on any atom is 0.229 e. The number of benzene rings is 2. The largest absolute Gasteiger partial charge is 0.326 e. The third-order valence-electron chi connectivity index (χ3n) is 3.73. The number of rotatable bonds is 3. The van der Waals surface area contributed by atoms with Crippen LogP contribution in [0.5, 0.6) is 0 Å². The minimum absolute atomic E-state index is 0.129. The van der Waals surface area contributed by atoms with Crippen LogP contribution in [0, 0.1) is 11.7 Å². The van der Waals surface area contributed by atoms with Crippen molar-refractivity contribution in [2.45, 2.75) is 6.42 Å². The Morgan fingerprint density at radius 1 is 1.22 bits per heavy atom. The van der Waals surface area contributed by atoms with Gasteiger partial charge >= 0.3 is 0 Å². The summed E-state index contributed by atoms with van der Waals surface area (Å²) in [5.74, 6) is -1.20. The molecule has 118 valence electrons. The fourth-order valence-electron chi connectivity index (χ4n) is 2.56. The Labute approximate surface area is 137 Å². The van der Waals surface area contributed by atoms with E-state index in [0.29, 0.717) is 16.4 Å². The molecule has 1 unspecified atom stereocenters. The summed E-state index contributed by atoms with van der Waals surface area (Å²) in [5, 5.41) is 3.29. The minimum atomic E-state index is -0.452. The molecule has 6 heteroatoms. The molecule has 1 heterocycles. The van der Waals surface area contributed by atoms with E-state index in [4.69, 9.17) is 11.6 Å². The van der Waals surface area contributed by atoms with E-state index >= 15 is 0 Å². The van der Waals surface area contributed by atoms with Gasteiger partial charge in [0, 0.05) is 29.4 Å². The predicted molar refractivity (Wildman–Crippen MR) is 86.9 cm³/mol. The number of hydrogen-bond donors (Lipinski definition) is 1. The van der Waals surface area contributed by atoms with E-state index in [0.717, 1.165) is 0 Å². The number of nitrogens with zero attached hydrogens (tertiary/aromatic N) is 1. The zero-order chi connectivity index (χ0) is 16.4. The molecular formula is C17H14ClFN2O2. The molecule has 0 spiro atoms. The molecule has 0 bridgehead atoms. The molecule has 0 aromatic heterocycles. The monoisotopic (exact) mass is 332 g/mol. The third-order valence-corrected chi connectivity index (χ3v) is 3.96. The van der Waals surface area contributed by atoms with Crippen LogP contribution >= 0.6 is 11.6 Å². The number of nitrogens with one attached hydrogen (secondary N) is 1. The Morgan fingerprint density at radius 3 is 2.65 bits per heavy atom. The number of amides is 2. The lowest BCUT2D eigenvalue weighted by Gasteiger charge is -2.16. The van der Waals surface area contributed by atoms with Crippen molar-refractivity contribution >= 4 is 34.8 Å². The predicted octanol–water partition coefficient (Wildman–Crippen LogP) is 3.47. The molecule has 2 amide bonds. The minimum Gasteiger partial charge on any atom is -0.326 e. The summed E-state index contributed by atoms with van der Waals surface area (Å²) in [6.45, 7) is 0.275. The molecule has 1 saturated heterocycles. The molecule has 0 radical (unpaired) electrons. The summed E-state index contributed by atoms with van der Waals surface area (Å²) in [5.41, 5.74) is 1.18. The summed E-state index contributed by atoms with van der Waals surface area (Å²) in [6.07, 6.45) is 0.129. The van der Waals surface area contributed by atoms with Crippen molar-refractivity contribution in [3.8, 4) is 0 Å². The van der Waals surface area contributed by atoms with Crippen molar-refractivity contribution in [3.05, 3.63) is 59.4 Å². The van der Waals surface area contributed by atoms with E-state index in [1.54, 1.807) is 24.3 Å². The first kappa shape index (κ1) is 15.5. The molecule has 1 fully saturated rings. The first-order valence-corrected chi connectivity index (χ1v) is 7.53. The quantitative estimate of drug-likeness (QED) is 0.935. The van der Waals surface area contributed by atoms with Crippen molar-refractivity contribution in [2.24, 2.45) is 5.92 Å². The van der Waals surface area contributed by atoms with Crippen molar-refractivity contribution in [2.75, 3.05) is 16.8 Å². The first-order chi connectivity index (χ1) is 11.0. The topological polar surface area (TPSA) is 49.4 Å². The van der Waals surface area contributed by atoms with E-state index in [9.17, 15) is 14.0 Å². The normalized spacial score (nSPS) is 17.4. The second kappa shape index (κ2) is 6.38. The summed E-state index contributed by atoms with van der Waals surface area (Å²) in [7, 11) is 0. The van der Waals surface area contributed by atoms with E-state index < -0.39 is 5.92 Å². The fourth-order valence-corrected chi connectivity index (χ4v) is 2.75. The van der Waals surface area contributed by atoms with Crippen LogP contribution < -0.4 is 10.2 Å². The first-order valence-electron chi connectivity index (χ1n) is 7.15. The standard InChI is InChI=1S/C17H14ClFN2O2/c18-12-2-1-3-14(9-12)20-17(23)11-8-16(22)21(10-11)15-6-4-13(19)5-7-15/h1-7,9,11H,8,10H2,(H,20,23). The van der Waals surface area contributed by atoms with Gasteiger partial charge in [0.2, 0.25) is 11.8 Å². The number of halogens is 2. The van der Waals surface area contributed by atoms with Gasteiger partial charge in [-0.05, 0) is 42.5 Å². The van der Waals surface area contributed by atoms with Crippen LogP contribution in [0.15, 0.2) is 48.5 Å². The van der Waals surface area contributed by atoms with Crippen molar-refractivity contribution in [1.82, 2.24) is 0 Å². The maximum absolute atomic E-state index is 13.0. The smallest absolute Gasteiger partial charge is 0.229 e. The van der Waals surface area contributed by atoms with Gasteiger partial charge in [0.15, 0.2) is 0 Å². The lowest BCUT2D eigenvalue weighted by atomic mass is 10.1. The van der Waals surface area contributed by atoms with Crippen molar-refractivity contribution in [3.63, 3.8) is 0 Å². The van der Waals surface area contributed by atoms with E-state index in [2.05, 4.69) is 5.32 Å². The average Bonchev–Trinajstić information content (AvgIpc) is 2.90. The second-order valence-corrected chi connectivity index (χ2v) is 5.82. The Hall–Kier alpha value is -2.40. The zero-order valence-electron chi connectivity index (χ0n) is 12.1. The van der Waals surface area contributed by atoms with Gasteiger partial charge in [-0.15, -0.1) is 0 Å². The summed E-state index contributed by atoms with van der Waals surface area (Å²) in [6, 6.07) is 12.5. The average molecular weight is 333 g/mol. The molecule has 1 aliphatic heterocycles. The van der Waals surface area contributed by atoms with Gasteiger partial charge in [0.1, 0.15) is 5.82 Å². The summed E-state index contributed by atoms with van der Waals surface area (Å²) in [4.78, 5) is 25.9. The number of carbonyl (C=O) groups excluding carboxylic acids is 2. The van der Waals surface area contributed by atoms with Gasteiger partial charge in [-0.1, -0.05) is 17.7 Å². The zero-order valence-corrected chi connectivity index (χ0v) is 12.9. The highest BCUT2D eigenvalue weighted by atomic mass is 35.5. The molecule has 2 aromatic rings. The SMILES string of the molecule is O=C(Nc1cccc(Cl)c1)C1CC(=O)N(c2ccc(F)cc2)C1. The Morgan fingerprint density at radius 2 is 1.96 bits per heavy atom. The summed E-state index contributed by atoms with van der Waals surface area (Å²) < 4.78 is 13.0. The lowest BCUT2D eigenvalue weighted by Crippen LogP contribution is -2.28. The molecule has 23 heavy (non-hydrogen) atoms. The van der Waals surface area contributed by atoms with Crippen molar-refractivity contribution in [1.29, 1.82) is 0 Å². The van der Waals surface area contributed by atoms with E-state index in [1.807, 2.05) is 0 Å². The fraction of sp³-hybridized carbons (Fsp3) is 0.176. The Bertz CT molecular complexity index is 749. The molecular weight excluding hydrogens is 319 g/mol. The molecule has 1 N–H and O–H groups in total. The van der Waals surface area contributed by atoms with Gasteiger partial charge in [0.25, 0.3) is 0 Å². The van der Waals surface area contributed by atoms with Crippen LogP contribution in [-0.4, -0.2) is 18.4 Å². The molecule has 2 aromatic carbocycles. The van der Waals surface area contributed by atoms with E-state index in [1.165, 1.54) is 29.2 Å². The van der Waals surface area contributed by atoms with Gasteiger partial charge in [0.05, 0.1) is 5.92 Å². The van der Waals surface area contributed by atoms with Crippen LogP contribution in [0.4, 0.5) is 15.8 Å². The van der Waals surface area contributed by atoms with Crippen LogP contribution in [0.3, 0.4) is 0 Å². The highest BCUT2D eigenvalue weighted by Crippen LogP contribution is 2.26. The van der Waals surface area contributed by atoms with Gasteiger partial charge in [-0.3, -0.25) is 9.59 Å². The van der Waals surface area contributed by atoms with E-state index in [-0.39, 0.29) is 30.6 Å². The van der Waals surface area contributed by atoms with Crippen LogP contribution in [-0.2, 0) is 9.59 Å². The number of carbonyl (C=O) groups is 2. The molecule has 4 nitrogen and oxygen atoms in total. The molecule has 0 aliphatic carbocycles. The second-order valence-electron chi connectivity index (χ2n) is 5.38. The van der Waals surface area contributed by atoms with Crippen LogP contribution in [0.1, 0.15) is 6.42 Å². The molecule has 3 rings (SSSR count). The number of anilines is 2. The molecule has 0 saturated carbocycles. The Balaban J connectivity index is 1.69. The van der Waals surface area contributed by atoms with Crippen LogP contribution in [0.25, 0.3) is 0 Å². The number of hydrogen-bond acceptors (Lipinski definition) is 2. The molecule has 1 aliphatic rings. The summed E-state index contributed by atoms with van der Waals surface area (Å²) >= 11 is 5.88. The van der Waals surface area contributed by atoms with Crippen LogP contribution in [0.2, 0.25) is 5.02 Å². The van der Waals surface area contributed by atoms with Gasteiger partial charge in [-0.2, -0.15) is 0 Å². The van der Waals surface area contributed by atoms with Crippen molar-refractivity contribution < 1.29 is 14.0 Å². The third kappa shape index (κ3) is 3.51. The molecule has 1 atom stereocenters. The highest BCUT2D eigenvalue weighted by molar-refractivity contribution is 6.30.